The van der Waals surface area contributed by atoms with Crippen LogP contribution in [0.25, 0.3) is 10.7 Å². The minimum Gasteiger partial charge on any atom is -0.372 e. The Morgan fingerprint density at radius 2 is 2.14 bits per heavy atom. The third-order valence-electron chi connectivity index (χ3n) is 5.02. The van der Waals surface area contributed by atoms with Crippen molar-refractivity contribution in [1.29, 1.82) is 0 Å². The molecule has 28 heavy (non-hydrogen) atoms. The van der Waals surface area contributed by atoms with Gasteiger partial charge in [-0.15, -0.1) is 11.3 Å². The molecule has 0 spiro atoms. The summed E-state index contributed by atoms with van der Waals surface area (Å²) in [7, 11) is 0. The van der Waals surface area contributed by atoms with Crippen LogP contribution in [0.4, 0.5) is 11.4 Å². The molecular formula is C20H23N5OS2. The van der Waals surface area contributed by atoms with Crippen molar-refractivity contribution < 1.29 is 4.79 Å². The number of anilines is 2. The van der Waals surface area contributed by atoms with Crippen molar-refractivity contribution in [2.24, 2.45) is 0 Å². The monoisotopic (exact) mass is 413 g/mol. The number of thiophene rings is 1. The normalized spacial score (nSPS) is 13.8. The Morgan fingerprint density at radius 3 is 2.86 bits per heavy atom. The molecule has 0 saturated carbocycles. The lowest BCUT2D eigenvalue weighted by molar-refractivity contribution is -0.116. The molecule has 0 radical (unpaired) electrons. The SMILES string of the molecule is Cc1cc(N2CCCC2)ccc1NC(=O)CCn1c(-c2cccs2)n[nH]c1=S. The van der Waals surface area contributed by atoms with Gasteiger partial charge in [0.1, 0.15) is 0 Å². The van der Waals surface area contributed by atoms with E-state index in [1.165, 1.54) is 18.5 Å². The van der Waals surface area contributed by atoms with E-state index in [1.54, 1.807) is 11.3 Å². The van der Waals surface area contributed by atoms with E-state index in [2.05, 4.69) is 32.5 Å². The van der Waals surface area contributed by atoms with Crippen molar-refractivity contribution in [3.8, 4) is 10.7 Å². The van der Waals surface area contributed by atoms with Gasteiger partial charge in [0.25, 0.3) is 0 Å². The summed E-state index contributed by atoms with van der Waals surface area (Å²) in [6.07, 6.45) is 2.84. The lowest BCUT2D eigenvalue weighted by atomic mass is 10.1. The van der Waals surface area contributed by atoms with Crippen molar-refractivity contribution in [3.63, 3.8) is 0 Å². The number of carbonyl (C=O) groups is 1. The molecule has 1 aromatic carbocycles. The highest BCUT2D eigenvalue weighted by atomic mass is 32.1. The topological polar surface area (TPSA) is 66.0 Å². The molecule has 6 nitrogen and oxygen atoms in total. The summed E-state index contributed by atoms with van der Waals surface area (Å²) in [5.41, 5.74) is 3.18. The van der Waals surface area contributed by atoms with Gasteiger partial charge in [0.15, 0.2) is 10.6 Å². The molecule has 8 heteroatoms. The minimum absolute atomic E-state index is 0.0303. The van der Waals surface area contributed by atoms with E-state index in [4.69, 9.17) is 12.2 Å². The van der Waals surface area contributed by atoms with Gasteiger partial charge in [-0.2, -0.15) is 5.10 Å². The van der Waals surface area contributed by atoms with Crippen molar-refractivity contribution >= 4 is 40.8 Å². The maximum absolute atomic E-state index is 12.5. The fourth-order valence-electron chi connectivity index (χ4n) is 3.51. The average molecular weight is 414 g/mol. The van der Waals surface area contributed by atoms with Crippen molar-refractivity contribution in [2.45, 2.75) is 32.7 Å². The number of aromatic amines is 1. The molecule has 1 saturated heterocycles. The van der Waals surface area contributed by atoms with E-state index < -0.39 is 0 Å². The molecule has 3 heterocycles. The molecule has 0 atom stereocenters. The second-order valence-electron chi connectivity index (χ2n) is 6.97. The molecule has 1 aliphatic heterocycles. The number of nitrogens with zero attached hydrogens (tertiary/aromatic N) is 3. The highest BCUT2D eigenvalue weighted by molar-refractivity contribution is 7.71. The highest BCUT2D eigenvalue weighted by Crippen LogP contribution is 2.26. The van der Waals surface area contributed by atoms with Gasteiger partial charge in [0.2, 0.25) is 5.91 Å². The number of H-pyrrole nitrogens is 1. The number of benzene rings is 1. The number of nitrogens with one attached hydrogen (secondary N) is 2. The van der Waals surface area contributed by atoms with E-state index in [0.717, 1.165) is 35.0 Å². The van der Waals surface area contributed by atoms with E-state index >= 15 is 0 Å². The van der Waals surface area contributed by atoms with Crippen LogP contribution in [0.2, 0.25) is 0 Å². The van der Waals surface area contributed by atoms with Crippen LogP contribution in [0.15, 0.2) is 35.7 Å². The number of aryl methyl sites for hydroxylation is 1. The Balaban J connectivity index is 1.40. The molecule has 3 aromatic rings. The Morgan fingerprint density at radius 1 is 1.32 bits per heavy atom. The smallest absolute Gasteiger partial charge is 0.226 e. The van der Waals surface area contributed by atoms with Gasteiger partial charge in [-0.25, -0.2) is 0 Å². The van der Waals surface area contributed by atoms with Crippen LogP contribution in [0, 0.1) is 11.7 Å². The lowest BCUT2D eigenvalue weighted by Gasteiger charge is -2.19. The summed E-state index contributed by atoms with van der Waals surface area (Å²) in [5.74, 6) is 0.746. The van der Waals surface area contributed by atoms with Crippen molar-refractivity contribution in [1.82, 2.24) is 14.8 Å². The van der Waals surface area contributed by atoms with Gasteiger partial charge < -0.3 is 10.2 Å². The summed E-state index contributed by atoms with van der Waals surface area (Å²) >= 11 is 6.93. The van der Waals surface area contributed by atoms with Crippen LogP contribution >= 0.6 is 23.6 Å². The predicted molar refractivity (Wildman–Crippen MR) is 117 cm³/mol. The fraction of sp³-hybridized carbons (Fsp3) is 0.350. The van der Waals surface area contributed by atoms with Crippen LogP contribution in [-0.2, 0) is 11.3 Å². The largest absolute Gasteiger partial charge is 0.372 e. The van der Waals surface area contributed by atoms with Crippen LogP contribution in [0.1, 0.15) is 24.8 Å². The molecule has 2 aromatic heterocycles. The van der Waals surface area contributed by atoms with Crippen molar-refractivity contribution in [2.75, 3.05) is 23.3 Å². The van der Waals surface area contributed by atoms with Gasteiger partial charge in [-0.1, -0.05) is 6.07 Å². The van der Waals surface area contributed by atoms with E-state index in [1.807, 2.05) is 35.1 Å². The first-order chi connectivity index (χ1) is 13.6. The van der Waals surface area contributed by atoms with E-state index in [0.29, 0.717) is 17.7 Å². The van der Waals surface area contributed by atoms with Gasteiger partial charge in [-0.05, 0) is 67.2 Å². The number of hydrogen-bond donors (Lipinski definition) is 2. The van der Waals surface area contributed by atoms with Crippen LogP contribution in [-0.4, -0.2) is 33.8 Å². The predicted octanol–water partition coefficient (Wildman–Crippen LogP) is 4.61. The first-order valence-corrected chi connectivity index (χ1v) is 10.7. The number of carbonyl (C=O) groups excluding carboxylic acids is 1. The standard InChI is InChI=1S/C20H23N5OS2/c1-14-13-15(24-9-2-3-10-24)6-7-16(14)21-18(26)8-11-25-19(22-23-20(25)27)17-5-4-12-28-17/h4-7,12-13H,2-3,8-11H2,1H3,(H,21,26)(H,23,27). The second kappa shape index (κ2) is 8.28. The Kier molecular flexibility index (Phi) is 5.59. The Hall–Kier alpha value is -2.45. The maximum atomic E-state index is 12.5. The van der Waals surface area contributed by atoms with Gasteiger partial charge in [0.05, 0.1) is 4.88 Å². The van der Waals surface area contributed by atoms with Gasteiger partial charge >= 0.3 is 0 Å². The minimum atomic E-state index is -0.0303. The summed E-state index contributed by atoms with van der Waals surface area (Å²) in [5, 5.41) is 12.2. The maximum Gasteiger partial charge on any atom is 0.226 e. The van der Waals surface area contributed by atoms with Crippen LogP contribution in [0.3, 0.4) is 0 Å². The summed E-state index contributed by atoms with van der Waals surface area (Å²) in [4.78, 5) is 15.9. The zero-order valence-electron chi connectivity index (χ0n) is 15.8. The number of rotatable bonds is 6. The van der Waals surface area contributed by atoms with E-state index in [9.17, 15) is 4.79 Å². The van der Waals surface area contributed by atoms with E-state index in [-0.39, 0.29) is 5.91 Å². The van der Waals surface area contributed by atoms with Crippen LogP contribution < -0.4 is 10.2 Å². The molecule has 146 valence electrons. The van der Waals surface area contributed by atoms with Gasteiger partial charge in [0, 0.05) is 37.4 Å². The molecule has 1 fully saturated rings. The molecule has 0 bridgehead atoms. The molecule has 2 N–H and O–H groups in total. The zero-order valence-corrected chi connectivity index (χ0v) is 17.4. The first kappa shape index (κ1) is 18.9. The molecule has 4 rings (SSSR count). The first-order valence-electron chi connectivity index (χ1n) is 9.46. The van der Waals surface area contributed by atoms with Crippen LogP contribution in [0.5, 0.6) is 0 Å². The number of hydrogen-bond acceptors (Lipinski definition) is 5. The number of aromatic nitrogens is 3. The quantitative estimate of drug-likeness (QED) is 0.579. The highest BCUT2D eigenvalue weighted by Gasteiger charge is 2.15. The van der Waals surface area contributed by atoms with Gasteiger partial charge in [-0.3, -0.25) is 14.5 Å². The second-order valence-corrected chi connectivity index (χ2v) is 8.31. The Labute approximate surface area is 173 Å². The zero-order chi connectivity index (χ0) is 19.5. The third kappa shape index (κ3) is 4.02. The van der Waals surface area contributed by atoms with Crippen molar-refractivity contribution in [3.05, 3.63) is 46.0 Å². The average Bonchev–Trinajstić information content (AvgIpc) is 3.44. The molecule has 1 amide bonds. The third-order valence-corrected chi connectivity index (χ3v) is 6.20. The summed E-state index contributed by atoms with van der Waals surface area (Å²) in [6, 6.07) is 10.2. The summed E-state index contributed by atoms with van der Waals surface area (Å²) < 4.78 is 2.41. The lowest BCUT2D eigenvalue weighted by Crippen LogP contribution is -2.18. The summed E-state index contributed by atoms with van der Waals surface area (Å²) in [6.45, 7) is 4.75. The number of amides is 1. The molecule has 0 unspecified atom stereocenters. The molecular weight excluding hydrogens is 390 g/mol. The molecule has 0 aliphatic carbocycles. The fourth-order valence-corrected chi connectivity index (χ4v) is 4.45. The Bertz CT molecular complexity index is 1020. The molecule has 1 aliphatic rings.